The normalized spacial score (nSPS) is 11.9. The molecule has 0 saturated heterocycles. The minimum absolute atomic E-state index is 0.0397. The second kappa shape index (κ2) is 7.36. The standard InChI is InChI=1S/C19H19N3OS/c1-13(19-14(2)21-12-24-19)16-5-7-17(8-6-16)22-18(23)10-15-4-3-9-20-11-15/h3-9,11-13H,10H2,1-2H3,(H,22,23)/t13-/m0/s1. The summed E-state index contributed by atoms with van der Waals surface area (Å²) in [6.07, 6.45) is 3.74. The Labute approximate surface area is 145 Å². The van der Waals surface area contributed by atoms with Gasteiger partial charge in [-0.3, -0.25) is 9.78 Å². The number of rotatable bonds is 5. The Balaban J connectivity index is 1.64. The number of benzene rings is 1. The molecule has 3 rings (SSSR count). The van der Waals surface area contributed by atoms with Crippen molar-refractivity contribution >= 4 is 22.9 Å². The molecule has 122 valence electrons. The van der Waals surface area contributed by atoms with E-state index in [0.29, 0.717) is 12.3 Å². The molecule has 0 radical (unpaired) electrons. The van der Waals surface area contributed by atoms with Crippen LogP contribution >= 0.6 is 11.3 Å². The smallest absolute Gasteiger partial charge is 0.228 e. The van der Waals surface area contributed by atoms with Crippen LogP contribution in [0.2, 0.25) is 0 Å². The molecule has 0 fully saturated rings. The highest BCUT2D eigenvalue weighted by Gasteiger charge is 2.13. The van der Waals surface area contributed by atoms with Crippen LogP contribution in [-0.2, 0) is 11.2 Å². The zero-order valence-corrected chi connectivity index (χ0v) is 14.5. The van der Waals surface area contributed by atoms with Gasteiger partial charge < -0.3 is 5.32 Å². The summed E-state index contributed by atoms with van der Waals surface area (Å²) < 4.78 is 0. The van der Waals surface area contributed by atoms with Crippen LogP contribution in [-0.4, -0.2) is 15.9 Å². The number of aryl methyl sites for hydroxylation is 1. The summed E-state index contributed by atoms with van der Waals surface area (Å²) in [6.45, 7) is 4.21. The van der Waals surface area contributed by atoms with Crippen molar-refractivity contribution in [2.75, 3.05) is 5.32 Å². The SMILES string of the molecule is Cc1ncsc1[C@@H](C)c1ccc(NC(=O)Cc2cccnc2)cc1. The van der Waals surface area contributed by atoms with Crippen molar-refractivity contribution in [3.63, 3.8) is 0 Å². The molecule has 24 heavy (non-hydrogen) atoms. The molecule has 1 amide bonds. The number of pyridine rings is 1. The Bertz CT molecular complexity index is 812. The maximum Gasteiger partial charge on any atom is 0.228 e. The van der Waals surface area contributed by atoms with Crippen LogP contribution in [0, 0.1) is 6.92 Å². The van der Waals surface area contributed by atoms with Gasteiger partial charge in [0.25, 0.3) is 0 Å². The monoisotopic (exact) mass is 337 g/mol. The summed E-state index contributed by atoms with van der Waals surface area (Å²) in [4.78, 5) is 21.7. The first-order chi connectivity index (χ1) is 11.6. The zero-order valence-electron chi connectivity index (χ0n) is 13.7. The quantitative estimate of drug-likeness (QED) is 0.760. The highest BCUT2D eigenvalue weighted by atomic mass is 32.1. The molecule has 5 heteroatoms. The van der Waals surface area contributed by atoms with E-state index in [1.165, 1.54) is 10.4 Å². The second-order valence-electron chi connectivity index (χ2n) is 5.73. The number of carbonyl (C=O) groups is 1. The van der Waals surface area contributed by atoms with Crippen molar-refractivity contribution < 1.29 is 4.79 Å². The minimum Gasteiger partial charge on any atom is -0.326 e. The first kappa shape index (κ1) is 16.3. The van der Waals surface area contributed by atoms with Crippen molar-refractivity contribution in [2.45, 2.75) is 26.2 Å². The van der Waals surface area contributed by atoms with Crippen molar-refractivity contribution in [3.8, 4) is 0 Å². The van der Waals surface area contributed by atoms with Gasteiger partial charge in [0.1, 0.15) is 0 Å². The Morgan fingerprint density at radius 1 is 1.25 bits per heavy atom. The van der Waals surface area contributed by atoms with Crippen LogP contribution in [0.5, 0.6) is 0 Å². The Kier molecular flexibility index (Phi) is 5.01. The first-order valence-electron chi connectivity index (χ1n) is 7.82. The van der Waals surface area contributed by atoms with E-state index in [2.05, 4.69) is 34.3 Å². The number of hydrogen-bond acceptors (Lipinski definition) is 4. The number of carbonyl (C=O) groups excluding carboxylic acids is 1. The van der Waals surface area contributed by atoms with Crippen LogP contribution in [0.25, 0.3) is 0 Å². The van der Waals surface area contributed by atoms with Crippen molar-refractivity contribution in [2.24, 2.45) is 0 Å². The van der Waals surface area contributed by atoms with Crippen LogP contribution in [0.3, 0.4) is 0 Å². The van der Waals surface area contributed by atoms with Gasteiger partial charge in [0.05, 0.1) is 17.6 Å². The molecule has 3 aromatic rings. The number of hydrogen-bond donors (Lipinski definition) is 1. The summed E-state index contributed by atoms with van der Waals surface area (Å²) in [6, 6.07) is 11.7. The third kappa shape index (κ3) is 3.86. The summed E-state index contributed by atoms with van der Waals surface area (Å²) in [7, 11) is 0. The lowest BCUT2D eigenvalue weighted by molar-refractivity contribution is -0.115. The molecule has 1 atom stereocenters. The molecule has 0 aliphatic carbocycles. The van der Waals surface area contributed by atoms with Gasteiger partial charge >= 0.3 is 0 Å². The first-order valence-corrected chi connectivity index (χ1v) is 8.70. The number of anilines is 1. The van der Waals surface area contributed by atoms with E-state index in [1.54, 1.807) is 23.7 Å². The molecule has 0 spiro atoms. The molecular weight excluding hydrogens is 318 g/mol. The molecule has 1 N–H and O–H groups in total. The Morgan fingerprint density at radius 2 is 2.04 bits per heavy atom. The summed E-state index contributed by atoms with van der Waals surface area (Å²) in [5.41, 5.74) is 5.89. The lowest BCUT2D eigenvalue weighted by Crippen LogP contribution is -2.14. The average Bonchev–Trinajstić information content (AvgIpc) is 3.02. The van der Waals surface area contributed by atoms with E-state index in [1.807, 2.05) is 36.7 Å². The molecule has 0 unspecified atom stereocenters. The molecular formula is C19H19N3OS. The lowest BCUT2D eigenvalue weighted by Gasteiger charge is -2.12. The third-order valence-corrected chi connectivity index (χ3v) is 5.07. The predicted octanol–water partition coefficient (Wildman–Crippen LogP) is 4.18. The third-order valence-electron chi connectivity index (χ3n) is 3.96. The maximum atomic E-state index is 12.1. The highest BCUT2D eigenvalue weighted by Crippen LogP contribution is 2.30. The van der Waals surface area contributed by atoms with E-state index >= 15 is 0 Å². The number of aromatic nitrogens is 2. The van der Waals surface area contributed by atoms with Crippen LogP contribution in [0.4, 0.5) is 5.69 Å². The predicted molar refractivity (Wildman–Crippen MR) is 97.4 cm³/mol. The summed E-state index contributed by atoms with van der Waals surface area (Å²) in [5, 5.41) is 2.93. The molecule has 0 aliphatic heterocycles. The second-order valence-corrected chi connectivity index (χ2v) is 6.62. The molecule has 0 aliphatic rings. The van der Waals surface area contributed by atoms with Crippen molar-refractivity contribution in [1.29, 1.82) is 0 Å². The van der Waals surface area contributed by atoms with Crippen molar-refractivity contribution in [1.82, 2.24) is 9.97 Å². The fraction of sp³-hybridized carbons (Fsp3) is 0.211. The van der Waals surface area contributed by atoms with E-state index in [0.717, 1.165) is 16.9 Å². The largest absolute Gasteiger partial charge is 0.326 e. The van der Waals surface area contributed by atoms with E-state index in [-0.39, 0.29) is 5.91 Å². The highest BCUT2D eigenvalue weighted by molar-refractivity contribution is 7.09. The average molecular weight is 337 g/mol. The van der Waals surface area contributed by atoms with E-state index in [9.17, 15) is 4.79 Å². The molecule has 0 saturated carbocycles. The summed E-state index contributed by atoms with van der Waals surface area (Å²) in [5.74, 6) is 0.264. The van der Waals surface area contributed by atoms with Crippen LogP contribution in [0.15, 0.2) is 54.3 Å². The van der Waals surface area contributed by atoms with Gasteiger partial charge in [-0.15, -0.1) is 11.3 Å². The van der Waals surface area contributed by atoms with Gasteiger partial charge in [-0.05, 0) is 36.2 Å². The zero-order chi connectivity index (χ0) is 16.9. The fourth-order valence-corrected chi connectivity index (χ4v) is 3.51. The van der Waals surface area contributed by atoms with Crippen molar-refractivity contribution in [3.05, 3.63) is 76.0 Å². The summed E-state index contributed by atoms with van der Waals surface area (Å²) >= 11 is 1.68. The van der Waals surface area contributed by atoms with Gasteiger partial charge in [0.15, 0.2) is 0 Å². The number of thiazole rings is 1. The number of amides is 1. The molecule has 0 bridgehead atoms. The van der Waals surface area contributed by atoms with Gasteiger partial charge in [-0.1, -0.05) is 25.1 Å². The van der Waals surface area contributed by atoms with Gasteiger partial charge in [-0.2, -0.15) is 0 Å². The number of nitrogens with one attached hydrogen (secondary N) is 1. The maximum absolute atomic E-state index is 12.1. The van der Waals surface area contributed by atoms with E-state index in [4.69, 9.17) is 0 Å². The molecule has 2 aromatic heterocycles. The van der Waals surface area contributed by atoms with Crippen LogP contribution < -0.4 is 5.32 Å². The lowest BCUT2D eigenvalue weighted by atomic mass is 9.98. The van der Waals surface area contributed by atoms with Crippen LogP contribution in [0.1, 0.15) is 34.5 Å². The van der Waals surface area contributed by atoms with Gasteiger partial charge in [0, 0.05) is 28.9 Å². The topological polar surface area (TPSA) is 54.9 Å². The molecule has 4 nitrogen and oxygen atoms in total. The number of nitrogens with zero attached hydrogens (tertiary/aromatic N) is 2. The minimum atomic E-state index is -0.0397. The van der Waals surface area contributed by atoms with E-state index < -0.39 is 0 Å². The Hall–Kier alpha value is -2.53. The molecule has 1 aromatic carbocycles. The fourth-order valence-electron chi connectivity index (χ4n) is 2.63. The van der Waals surface area contributed by atoms with Gasteiger partial charge in [0.2, 0.25) is 5.91 Å². The van der Waals surface area contributed by atoms with Gasteiger partial charge in [-0.25, -0.2) is 4.98 Å². The Morgan fingerprint density at radius 3 is 2.67 bits per heavy atom. The molecule has 2 heterocycles.